The van der Waals surface area contributed by atoms with Gasteiger partial charge in [0.05, 0.1) is 12.1 Å². The Bertz CT molecular complexity index is 728. The highest BCUT2D eigenvalue weighted by molar-refractivity contribution is 5.75. The number of hydrogen-bond acceptors (Lipinski definition) is 4. The molecular weight excluding hydrogens is 314 g/mol. The number of rotatable bonds is 5. The number of hydrogen-bond donors (Lipinski definition) is 0. The van der Waals surface area contributed by atoms with E-state index in [-0.39, 0.29) is 11.9 Å². The first-order valence-electron chi connectivity index (χ1n) is 9.05. The molecule has 1 aliphatic rings. The number of anilines is 1. The molecule has 134 valence electrons. The summed E-state index contributed by atoms with van der Waals surface area (Å²) in [5, 5.41) is 4.38. The van der Waals surface area contributed by atoms with Crippen molar-refractivity contribution in [1.82, 2.24) is 10.1 Å². The van der Waals surface area contributed by atoms with Gasteiger partial charge in [-0.05, 0) is 33.6 Å². The van der Waals surface area contributed by atoms with Crippen LogP contribution in [0.4, 0.5) is 5.88 Å². The van der Waals surface area contributed by atoms with E-state index in [9.17, 15) is 4.79 Å². The highest BCUT2D eigenvalue weighted by Crippen LogP contribution is 2.34. The summed E-state index contributed by atoms with van der Waals surface area (Å²) < 4.78 is 5.76. The Morgan fingerprint density at radius 1 is 1.24 bits per heavy atom. The van der Waals surface area contributed by atoms with Gasteiger partial charge in [-0.25, -0.2) is 0 Å². The molecule has 1 aromatic heterocycles. The van der Waals surface area contributed by atoms with Crippen LogP contribution in [0, 0.1) is 6.92 Å². The van der Waals surface area contributed by atoms with Gasteiger partial charge in [-0.3, -0.25) is 4.79 Å². The first-order valence-corrected chi connectivity index (χ1v) is 9.05. The second-order valence-electron chi connectivity index (χ2n) is 7.12. The third-order valence-electron chi connectivity index (χ3n) is 4.84. The van der Waals surface area contributed by atoms with Gasteiger partial charge in [0, 0.05) is 31.6 Å². The topological polar surface area (TPSA) is 49.6 Å². The molecule has 0 bridgehead atoms. The van der Waals surface area contributed by atoms with Crippen LogP contribution in [0.15, 0.2) is 28.8 Å². The Morgan fingerprint density at radius 3 is 2.44 bits per heavy atom. The van der Waals surface area contributed by atoms with E-state index in [0.717, 1.165) is 35.8 Å². The normalized spacial score (nSPS) is 14.4. The van der Waals surface area contributed by atoms with E-state index in [1.54, 1.807) is 6.92 Å². The minimum absolute atomic E-state index is 0.0680. The van der Waals surface area contributed by atoms with E-state index in [4.69, 9.17) is 4.52 Å². The summed E-state index contributed by atoms with van der Waals surface area (Å²) in [4.78, 5) is 16.2. The maximum atomic E-state index is 12.1. The van der Waals surface area contributed by atoms with Crippen LogP contribution < -0.4 is 4.90 Å². The smallest absolute Gasteiger partial charge is 0.232 e. The molecule has 1 saturated heterocycles. The van der Waals surface area contributed by atoms with E-state index in [0.29, 0.717) is 6.54 Å². The summed E-state index contributed by atoms with van der Waals surface area (Å²) in [5.41, 5.74) is 4.09. The summed E-state index contributed by atoms with van der Waals surface area (Å²) >= 11 is 0. The summed E-state index contributed by atoms with van der Waals surface area (Å²) in [5.74, 6) is 0.887. The monoisotopic (exact) mass is 341 g/mol. The number of benzene rings is 1. The van der Waals surface area contributed by atoms with E-state index in [1.165, 1.54) is 18.4 Å². The van der Waals surface area contributed by atoms with Gasteiger partial charge in [0.1, 0.15) is 5.69 Å². The van der Waals surface area contributed by atoms with Crippen LogP contribution in [-0.2, 0) is 11.3 Å². The Hall–Kier alpha value is -2.30. The minimum Gasteiger partial charge on any atom is -0.340 e. The molecule has 0 unspecified atom stereocenters. The Labute approximate surface area is 149 Å². The van der Waals surface area contributed by atoms with Gasteiger partial charge in [0.15, 0.2) is 0 Å². The maximum absolute atomic E-state index is 12.1. The lowest BCUT2D eigenvalue weighted by atomic mass is 10.0. The molecule has 5 heteroatoms. The van der Waals surface area contributed by atoms with Gasteiger partial charge in [0.25, 0.3) is 0 Å². The zero-order chi connectivity index (χ0) is 18.0. The molecule has 2 heterocycles. The van der Waals surface area contributed by atoms with Crippen molar-refractivity contribution >= 4 is 11.8 Å². The van der Waals surface area contributed by atoms with Crippen LogP contribution in [0.25, 0.3) is 11.3 Å². The standard InChI is InChI=1S/C20H27N3O2/c1-14(2)23(16(4)24)13-18-19(17-9-7-15(3)8-10-17)21-25-20(18)22-11-5-6-12-22/h7-10,14H,5-6,11-13H2,1-4H3. The van der Waals surface area contributed by atoms with Gasteiger partial charge >= 0.3 is 0 Å². The molecule has 0 radical (unpaired) electrons. The lowest BCUT2D eigenvalue weighted by Crippen LogP contribution is -2.35. The predicted molar refractivity (Wildman–Crippen MR) is 99.5 cm³/mol. The molecule has 2 aromatic rings. The molecular formula is C20H27N3O2. The Morgan fingerprint density at radius 2 is 1.88 bits per heavy atom. The van der Waals surface area contributed by atoms with Crippen molar-refractivity contribution in [3.8, 4) is 11.3 Å². The molecule has 1 aromatic carbocycles. The van der Waals surface area contributed by atoms with Crippen LogP contribution in [0.2, 0.25) is 0 Å². The summed E-state index contributed by atoms with van der Waals surface area (Å²) in [6.07, 6.45) is 2.33. The summed E-state index contributed by atoms with van der Waals surface area (Å²) in [7, 11) is 0. The fourth-order valence-electron chi connectivity index (χ4n) is 3.38. The van der Waals surface area contributed by atoms with Crippen molar-refractivity contribution in [1.29, 1.82) is 0 Å². The van der Waals surface area contributed by atoms with E-state index in [2.05, 4.69) is 41.2 Å². The maximum Gasteiger partial charge on any atom is 0.232 e. The van der Waals surface area contributed by atoms with Crippen molar-refractivity contribution in [2.75, 3.05) is 18.0 Å². The molecule has 5 nitrogen and oxygen atoms in total. The second kappa shape index (κ2) is 7.30. The van der Waals surface area contributed by atoms with Gasteiger partial charge in [-0.15, -0.1) is 0 Å². The molecule has 0 N–H and O–H groups in total. The Kier molecular flexibility index (Phi) is 5.11. The average Bonchev–Trinajstić information content (AvgIpc) is 3.22. The molecule has 0 spiro atoms. The molecule has 1 fully saturated rings. The molecule has 0 atom stereocenters. The van der Waals surface area contributed by atoms with Gasteiger partial charge in [-0.1, -0.05) is 35.0 Å². The fraction of sp³-hybridized carbons (Fsp3) is 0.500. The molecule has 0 aliphatic carbocycles. The first kappa shape index (κ1) is 17.5. The predicted octanol–water partition coefficient (Wildman–Crippen LogP) is 4.01. The van der Waals surface area contributed by atoms with Crippen molar-refractivity contribution in [3.63, 3.8) is 0 Å². The van der Waals surface area contributed by atoms with Gasteiger partial charge < -0.3 is 14.3 Å². The SMILES string of the molecule is CC(=O)N(Cc1c(-c2ccc(C)cc2)noc1N1CCCC1)C(C)C. The van der Waals surface area contributed by atoms with Gasteiger partial charge in [-0.2, -0.15) is 0 Å². The van der Waals surface area contributed by atoms with Crippen LogP contribution in [0.1, 0.15) is 44.7 Å². The average molecular weight is 341 g/mol. The van der Waals surface area contributed by atoms with Crippen LogP contribution in [0.3, 0.4) is 0 Å². The minimum atomic E-state index is 0.0680. The van der Waals surface area contributed by atoms with Crippen molar-refractivity contribution < 1.29 is 9.32 Å². The van der Waals surface area contributed by atoms with Crippen LogP contribution in [-0.4, -0.2) is 35.1 Å². The van der Waals surface area contributed by atoms with E-state index in [1.807, 2.05) is 18.7 Å². The summed E-state index contributed by atoms with van der Waals surface area (Å²) in [6.45, 7) is 10.3. The van der Waals surface area contributed by atoms with E-state index < -0.39 is 0 Å². The largest absolute Gasteiger partial charge is 0.340 e. The number of carbonyl (C=O) groups excluding carboxylic acids is 1. The lowest BCUT2D eigenvalue weighted by molar-refractivity contribution is -0.131. The molecule has 0 saturated carbocycles. The van der Waals surface area contributed by atoms with E-state index >= 15 is 0 Å². The molecule has 3 rings (SSSR count). The lowest BCUT2D eigenvalue weighted by Gasteiger charge is -2.26. The van der Waals surface area contributed by atoms with Crippen molar-refractivity contribution in [3.05, 3.63) is 35.4 Å². The highest BCUT2D eigenvalue weighted by atomic mass is 16.5. The molecule has 1 amide bonds. The number of aryl methyl sites for hydroxylation is 1. The zero-order valence-corrected chi connectivity index (χ0v) is 15.6. The second-order valence-corrected chi connectivity index (χ2v) is 7.12. The number of aromatic nitrogens is 1. The number of nitrogens with zero attached hydrogens (tertiary/aromatic N) is 3. The number of carbonyl (C=O) groups is 1. The third kappa shape index (κ3) is 3.70. The van der Waals surface area contributed by atoms with Gasteiger partial charge in [0.2, 0.25) is 11.8 Å². The van der Waals surface area contributed by atoms with Crippen molar-refractivity contribution in [2.24, 2.45) is 0 Å². The van der Waals surface area contributed by atoms with Crippen molar-refractivity contribution in [2.45, 2.75) is 53.1 Å². The fourth-order valence-corrected chi connectivity index (χ4v) is 3.38. The molecule has 1 aliphatic heterocycles. The third-order valence-corrected chi connectivity index (χ3v) is 4.84. The van der Waals surface area contributed by atoms with Crippen LogP contribution >= 0.6 is 0 Å². The van der Waals surface area contributed by atoms with Crippen LogP contribution in [0.5, 0.6) is 0 Å². The Balaban J connectivity index is 2.03. The summed E-state index contributed by atoms with van der Waals surface area (Å²) in [6, 6.07) is 8.42. The zero-order valence-electron chi connectivity index (χ0n) is 15.6. The number of amides is 1. The highest BCUT2D eigenvalue weighted by Gasteiger charge is 2.27. The first-order chi connectivity index (χ1) is 12.0. The quantitative estimate of drug-likeness (QED) is 0.824. The molecule has 25 heavy (non-hydrogen) atoms.